The fourth-order valence-corrected chi connectivity index (χ4v) is 5.83. The van der Waals surface area contributed by atoms with Crippen molar-refractivity contribution in [1.29, 1.82) is 0 Å². The van der Waals surface area contributed by atoms with E-state index in [-0.39, 0.29) is 6.04 Å². The average molecular weight is 368 g/mol. The lowest BCUT2D eigenvalue weighted by Crippen LogP contribution is -2.26. The topological polar surface area (TPSA) is 74.8 Å². The van der Waals surface area contributed by atoms with Crippen LogP contribution in [0, 0.1) is 13.8 Å². The Kier molecular flexibility index (Phi) is 4.41. The molecular weight excluding hydrogens is 350 g/mol. The van der Waals surface area contributed by atoms with Crippen LogP contribution in [0.15, 0.2) is 33.9 Å². The summed E-state index contributed by atoms with van der Waals surface area (Å²) >= 11 is 2.98. The van der Waals surface area contributed by atoms with Gasteiger partial charge in [-0.2, -0.15) is 16.4 Å². The Bertz CT molecular complexity index is 908. The quantitative estimate of drug-likeness (QED) is 0.719. The highest BCUT2D eigenvalue weighted by molar-refractivity contribution is 7.89. The summed E-state index contributed by atoms with van der Waals surface area (Å²) in [6.45, 7) is 5.58. The van der Waals surface area contributed by atoms with Crippen LogP contribution in [-0.2, 0) is 10.0 Å². The molecule has 23 heavy (non-hydrogen) atoms. The van der Waals surface area contributed by atoms with Crippen LogP contribution in [0.5, 0.6) is 0 Å². The van der Waals surface area contributed by atoms with Crippen molar-refractivity contribution in [2.45, 2.75) is 31.7 Å². The first-order valence-corrected chi connectivity index (χ1v) is 10.3. The molecule has 0 aliphatic heterocycles. The molecule has 0 aliphatic carbocycles. The maximum atomic E-state index is 12.7. The number of thiophene rings is 2. The van der Waals surface area contributed by atoms with E-state index in [4.69, 9.17) is 0 Å². The minimum absolute atomic E-state index is 0.262. The van der Waals surface area contributed by atoms with Crippen LogP contribution in [0.3, 0.4) is 0 Å². The number of nitrogens with one attached hydrogen (secondary N) is 2. The Balaban J connectivity index is 1.90. The van der Waals surface area contributed by atoms with E-state index in [1.807, 2.05) is 43.7 Å². The highest BCUT2D eigenvalue weighted by atomic mass is 32.2. The summed E-state index contributed by atoms with van der Waals surface area (Å²) in [5, 5.41) is 11.0. The summed E-state index contributed by atoms with van der Waals surface area (Å²) in [6.07, 6.45) is 0. The molecule has 0 radical (unpaired) electrons. The zero-order chi connectivity index (χ0) is 16.6. The van der Waals surface area contributed by atoms with Gasteiger partial charge in [0.15, 0.2) is 0 Å². The maximum Gasteiger partial charge on any atom is 0.242 e. The van der Waals surface area contributed by atoms with Gasteiger partial charge in [0.2, 0.25) is 10.0 Å². The first-order chi connectivity index (χ1) is 10.9. The van der Waals surface area contributed by atoms with Gasteiger partial charge in [0.1, 0.15) is 5.69 Å². The second kappa shape index (κ2) is 6.20. The van der Waals surface area contributed by atoms with E-state index in [1.165, 1.54) is 11.3 Å². The lowest BCUT2D eigenvalue weighted by molar-refractivity contribution is 0.567. The molecule has 3 aromatic heterocycles. The molecule has 5 nitrogen and oxygen atoms in total. The van der Waals surface area contributed by atoms with Crippen LogP contribution < -0.4 is 4.72 Å². The van der Waals surface area contributed by atoms with Crippen molar-refractivity contribution in [3.8, 4) is 10.6 Å². The summed E-state index contributed by atoms with van der Waals surface area (Å²) < 4.78 is 28.1. The zero-order valence-corrected chi connectivity index (χ0v) is 15.4. The fourth-order valence-electron chi connectivity index (χ4n) is 2.29. The number of aryl methyl sites for hydroxylation is 2. The first-order valence-electron chi connectivity index (χ1n) is 7.04. The molecule has 3 aromatic rings. The molecule has 0 saturated heterocycles. The van der Waals surface area contributed by atoms with E-state index in [2.05, 4.69) is 14.9 Å². The Hall–Kier alpha value is -1.48. The third kappa shape index (κ3) is 3.40. The van der Waals surface area contributed by atoms with Crippen molar-refractivity contribution in [3.05, 3.63) is 45.1 Å². The third-order valence-electron chi connectivity index (χ3n) is 3.50. The molecule has 1 unspecified atom stereocenters. The standard InChI is InChI=1S/C15H17N3O2S3/c1-9-6-13(17-16-9)14-7-15(11(3)22-14)23(19,20)18-10(2)12-4-5-21-8-12/h4-8,10,18H,1-3H3,(H,16,17). The van der Waals surface area contributed by atoms with Gasteiger partial charge in [-0.1, -0.05) is 0 Å². The molecule has 0 aliphatic rings. The molecule has 0 saturated carbocycles. The highest BCUT2D eigenvalue weighted by Crippen LogP contribution is 2.33. The van der Waals surface area contributed by atoms with Crippen molar-refractivity contribution < 1.29 is 8.42 Å². The summed E-state index contributed by atoms with van der Waals surface area (Å²) in [5.74, 6) is 0. The Morgan fingerprint density at radius 1 is 1.30 bits per heavy atom. The largest absolute Gasteiger partial charge is 0.282 e. The fraction of sp³-hybridized carbons (Fsp3) is 0.267. The molecule has 3 heterocycles. The Morgan fingerprint density at radius 3 is 2.70 bits per heavy atom. The van der Waals surface area contributed by atoms with Crippen LogP contribution in [0.4, 0.5) is 0 Å². The van der Waals surface area contributed by atoms with Crippen molar-refractivity contribution in [3.63, 3.8) is 0 Å². The van der Waals surface area contributed by atoms with Crippen LogP contribution in [0.1, 0.15) is 29.1 Å². The predicted molar refractivity (Wildman–Crippen MR) is 94.4 cm³/mol. The first kappa shape index (κ1) is 16.4. The molecule has 0 fully saturated rings. The normalized spacial score (nSPS) is 13.3. The number of aromatic amines is 1. The molecular formula is C15H17N3O2S3. The van der Waals surface area contributed by atoms with E-state index in [0.717, 1.165) is 26.7 Å². The van der Waals surface area contributed by atoms with E-state index >= 15 is 0 Å². The molecule has 1 atom stereocenters. The zero-order valence-electron chi connectivity index (χ0n) is 13.0. The second-order valence-electron chi connectivity index (χ2n) is 5.37. The number of aromatic nitrogens is 2. The van der Waals surface area contributed by atoms with Gasteiger partial charge in [0.25, 0.3) is 0 Å². The lowest BCUT2D eigenvalue weighted by Gasteiger charge is -2.12. The van der Waals surface area contributed by atoms with Crippen LogP contribution in [0.25, 0.3) is 10.6 Å². The monoisotopic (exact) mass is 367 g/mol. The number of hydrogen-bond donors (Lipinski definition) is 2. The molecule has 3 rings (SSSR count). The minimum atomic E-state index is -3.57. The molecule has 0 spiro atoms. The van der Waals surface area contributed by atoms with Crippen molar-refractivity contribution in [2.75, 3.05) is 0 Å². The van der Waals surface area contributed by atoms with Gasteiger partial charge >= 0.3 is 0 Å². The van der Waals surface area contributed by atoms with Gasteiger partial charge < -0.3 is 0 Å². The summed E-state index contributed by atoms with van der Waals surface area (Å²) in [6, 6.07) is 5.26. The van der Waals surface area contributed by atoms with Gasteiger partial charge in [0, 0.05) is 16.6 Å². The highest BCUT2D eigenvalue weighted by Gasteiger charge is 2.23. The van der Waals surface area contributed by atoms with E-state index in [9.17, 15) is 8.42 Å². The SMILES string of the molecule is Cc1cc(-c2cc(S(=O)(=O)NC(C)c3ccsc3)c(C)s2)n[nH]1. The Morgan fingerprint density at radius 2 is 2.09 bits per heavy atom. The number of nitrogens with zero attached hydrogens (tertiary/aromatic N) is 1. The van der Waals surface area contributed by atoms with E-state index < -0.39 is 10.0 Å². The number of hydrogen-bond acceptors (Lipinski definition) is 5. The second-order valence-corrected chi connectivity index (χ2v) is 9.09. The van der Waals surface area contributed by atoms with Crippen molar-refractivity contribution in [1.82, 2.24) is 14.9 Å². The van der Waals surface area contributed by atoms with Gasteiger partial charge in [-0.3, -0.25) is 5.10 Å². The maximum absolute atomic E-state index is 12.7. The van der Waals surface area contributed by atoms with Crippen molar-refractivity contribution in [2.24, 2.45) is 0 Å². The summed E-state index contributed by atoms with van der Waals surface area (Å²) in [7, 11) is -3.57. The minimum Gasteiger partial charge on any atom is -0.282 e. The van der Waals surface area contributed by atoms with Gasteiger partial charge in [-0.25, -0.2) is 13.1 Å². The van der Waals surface area contributed by atoms with Crippen LogP contribution in [0.2, 0.25) is 0 Å². The Labute approximate surface area is 143 Å². The molecule has 8 heteroatoms. The van der Waals surface area contributed by atoms with Crippen LogP contribution >= 0.6 is 22.7 Å². The molecule has 0 bridgehead atoms. The van der Waals surface area contributed by atoms with Crippen LogP contribution in [-0.4, -0.2) is 18.6 Å². The molecule has 0 aromatic carbocycles. The third-order valence-corrected chi connectivity index (χ3v) is 7.07. The summed E-state index contributed by atoms with van der Waals surface area (Å²) in [4.78, 5) is 1.92. The molecule has 2 N–H and O–H groups in total. The smallest absolute Gasteiger partial charge is 0.242 e. The average Bonchev–Trinajstić information content (AvgIpc) is 3.17. The lowest BCUT2D eigenvalue weighted by atomic mass is 10.2. The van der Waals surface area contributed by atoms with Crippen molar-refractivity contribution >= 4 is 32.7 Å². The van der Waals surface area contributed by atoms with Gasteiger partial charge in [-0.15, -0.1) is 11.3 Å². The molecule has 122 valence electrons. The van der Waals surface area contributed by atoms with E-state index in [0.29, 0.717) is 4.90 Å². The van der Waals surface area contributed by atoms with Gasteiger partial charge in [0.05, 0.1) is 9.77 Å². The molecule has 0 amide bonds. The number of sulfonamides is 1. The number of H-pyrrole nitrogens is 1. The number of rotatable bonds is 5. The van der Waals surface area contributed by atoms with E-state index in [1.54, 1.807) is 17.4 Å². The summed E-state index contributed by atoms with van der Waals surface area (Å²) in [5.41, 5.74) is 2.68. The van der Waals surface area contributed by atoms with Gasteiger partial charge in [-0.05, 0) is 55.3 Å². The predicted octanol–water partition coefficient (Wildman–Crippen LogP) is 3.86.